The van der Waals surface area contributed by atoms with Gasteiger partial charge in [-0.1, -0.05) is 59.3 Å². The summed E-state index contributed by atoms with van der Waals surface area (Å²) in [4.78, 5) is 18.4. The number of para-hydroxylation sites is 1. The number of rotatable bonds is 6. The van der Waals surface area contributed by atoms with Gasteiger partial charge >= 0.3 is 0 Å². The summed E-state index contributed by atoms with van der Waals surface area (Å²) in [5, 5.41) is 4.21. The second-order valence-electron chi connectivity index (χ2n) is 7.40. The van der Waals surface area contributed by atoms with Gasteiger partial charge in [-0.3, -0.25) is 4.79 Å². The van der Waals surface area contributed by atoms with E-state index in [9.17, 15) is 4.79 Å². The van der Waals surface area contributed by atoms with Crippen LogP contribution in [0, 0.1) is 6.92 Å². The minimum absolute atomic E-state index is 0.0257. The molecule has 144 valence electrons. The number of allylic oxidation sites excluding steroid dienone is 1. The SMILES string of the molecule is Cc1ccc(Sc2c(C(=O)NCCC3=CCCCC3)[nH]c3ccccc23)cc1. The summed E-state index contributed by atoms with van der Waals surface area (Å²) in [6.07, 6.45) is 8.23. The Kier molecular flexibility index (Phi) is 5.87. The maximum atomic E-state index is 12.9. The molecule has 3 aromatic rings. The Morgan fingerprint density at radius 2 is 1.93 bits per heavy atom. The first-order valence-electron chi connectivity index (χ1n) is 10.0. The van der Waals surface area contributed by atoms with E-state index in [1.807, 2.05) is 18.2 Å². The van der Waals surface area contributed by atoms with Crippen LogP contribution in [0.15, 0.2) is 70.0 Å². The Morgan fingerprint density at radius 3 is 2.71 bits per heavy atom. The Morgan fingerprint density at radius 1 is 1.11 bits per heavy atom. The maximum absolute atomic E-state index is 12.9. The fraction of sp³-hybridized carbons (Fsp3) is 0.292. The van der Waals surface area contributed by atoms with Crippen LogP contribution in [0.3, 0.4) is 0 Å². The molecule has 3 nitrogen and oxygen atoms in total. The van der Waals surface area contributed by atoms with Crippen LogP contribution in [0.4, 0.5) is 0 Å². The number of aromatic amines is 1. The van der Waals surface area contributed by atoms with E-state index in [2.05, 4.69) is 53.6 Å². The van der Waals surface area contributed by atoms with Gasteiger partial charge in [-0.05, 0) is 57.2 Å². The third-order valence-corrected chi connectivity index (χ3v) is 6.38. The number of hydrogen-bond acceptors (Lipinski definition) is 2. The fourth-order valence-electron chi connectivity index (χ4n) is 3.66. The molecule has 4 rings (SSSR count). The Hall–Kier alpha value is -2.46. The number of nitrogens with one attached hydrogen (secondary N) is 2. The van der Waals surface area contributed by atoms with Gasteiger partial charge in [0.1, 0.15) is 5.69 Å². The normalized spacial score (nSPS) is 14.1. The van der Waals surface area contributed by atoms with Gasteiger partial charge in [-0.2, -0.15) is 0 Å². The number of benzene rings is 2. The average molecular weight is 391 g/mol. The largest absolute Gasteiger partial charge is 0.350 e. The monoisotopic (exact) mass is 390 g/mol. The molecule has 0 radical (unpaired) electrons. The zero-order valence-electron chi connectivity index (χ0n) is 16.3. The van der Waals surface area contributed by atoms with Gasteiger partial charge in [0, 0.05) is 22.3 Å². The highest BCUT2D eigenvalue weighted by molar-refractivity contribution is 7.99. The molecule has 0 fully saturated rings. The van der Waals surface area contributed by atoms with Crippen molar-refractivity contribution in [2.75, 3.05) is 6.54 Å². The van der Waals surface area contributed by atoms with Gasteiger partial charge in [-0.25, -0.2) is 0 Å². The van der Waals surface area contributed by atoms with Gasteiger partial charge in [0.2, 0.25) is 0 Å². The molecule has 2 N–H and O–H groups in total. The first-order chi connectivity index (χ1) is 13.7. The van der Waals surface area contributed by atoms with Crippen LogP contribution >= 0.6 is 11.8 Å². The van der Waals surface area contributed by atoms with E-state index in [1.165, 1.54) is 36.8 Å². The summed E-state index contributed by atoms with van der Waals surface area (Å²) in [5.41, 5.74) is 4.37. The van der Waals surface area contributed by atoms with Crippen LogP contribution in [-0.4, -0.2) is 17.4 Å². The van der Waals surface area contributed by atoms with Crippen LogP contribution in [0.5, 0.6) is 0 Å². The van der Waals surface area contributed by atoms with Gasteiger partial charge in [0.15, 0.2) is 0 Å². The van der Waals surface area contributed by atoms with Gasteiger partial charge < -0.3 is 10.3 Å². The van der Waals surface area contributed by atoms with Crippen molar-refractivity contribution < 1.29 is 4.79 Å². The summed E-state index contributed by atoms with van der Waals surface area (Å²) in [7, 11) is 0. The van der Waals surface area contributed by atoms with Gasteiger partial charge in [0.25, 0.3) is 5.91 Å². The average Bonchev–Trinajstić information content (AvgIpc) is 3.09. The molecule has 1 amide bonds. The van der Waals surface area contributed by atoms with Crippen LogP contribution in [-0.2, 0) is 0 Å². The number of aromatic nitrogens is 1. The van der Waals surface area contributed by atoms with Gasteiger partial charge in [-0.15, -0.1) is 0 Å². The van der Waals surface area contributed by atoms with Crippen molar-refractivity contribution >= 4 is 28.6 Å². The zero-order chi connectivity index (χ0) is 19.3. The summed E-state index contributed by atoms with van der Waals surface area (Å²) in [5.74, 6) is -0.0257. The minimum atomic E-state index is -0.0257. The van der Waals surface area contributed by atoms with Gasteiger partial charge in [0.05, 0.1) is 4.90 Å². The second-order valence-corrected chi connectivity index (χ2v) is 8.49. The Labute approximate surface area is 170 Å². The van der Waals surface area contributed by atoms with Crippen molar-refractivity contribution in [2.45, 2.75) is 48.8 Å². The third-order valence-electron chi connectivity index (χ3n) is 5.24. The van der Waals surface area contributed by atoms with E-state index in [1.54, 1.807) is 11.8 Å². The Balaban J connectivity index is 1.54. The molecule has 0 spiro atoms. The third kappa shape index (κ3) is 4.33. The first-order valence-corrected chi connectivity index (χ1v) is 10.8. The summed E-state index contributed by atoms with van der Waals surface area (Å²) < 4.78 is 0. The van der Waals surface area contributed by atoms with E-state index in [0.29, 0.717) is 12.2 Å². The molecule has 0 unspecified atom stereocenters. The Bertz CT molecular complexity index is 1000. The fourth-order valence-corrected chi connectivity index (χ4v) is 4.70. The summed E-state index contributed by atoms with van der Waals surface area (Å²) >= 11 is 1.65. The molecule has 1 aliphatic rings. The molecule has 4 heteroatoms. The number of hydrogen-bond donors (Lipinski definition) is 2. The van der Waals surface area contributed by atoms with E-state index in [-0.39, 0.29) is 5.91 Å². The second kappa shape index (κ2) is 8.70. The zero-order valence-corrected chi connectivity index (χ0v) is 17.1. The smallest absolute Gasteiger partial charge is 0.268 e. The number of H-pyrrole nitrogens is 1. The lowest BCUT2D eigenvalue weighted by atomic mass is 9.97. The van der Waals surface area contributed by atoms with Crippen molar-refractivity contribution in [3.05, 3.63) is 71.4 Å². The number of aryl methyl sites for hydroxylation is 1. The van der Waals surface area contributed by atoms with E-state index >= 15 is 0 Å². The lowest BCUT2D eigenvalue weighted by Crippen LogP contribution is -2.25. The van der Waals surface area contributed by atoms with Crippen molar-refractivity contribution in [3.63, 3.8) is 0 Å². The van der Waals surface area contributed by atoms with E-state index in [0.717, 1.165) is 27.1 Å². The number of fused-ring (bicyclic) bond motifs is 1. The highest BCUT2D eigenvalue weighted by Crippen LogP contribution is 2.36. The van der Waals surface area contributed by atoms with Crippen molar-refractivity contribution in [1.82, 2.24) is 10.3 Å². The molecule has 1 aliphatic carbocycles. The molecule has 0 bridgehead atoms. The molecule has 0 saturated carbocycles. The number of carbonyl (C=O) groups is 1. The predicted molar refractivity (Wildman–Crippen MR) is 117 cm³/mol. The molecule has 28 heavy (non-hydrogen) atoms. The predicted octanol–water partition coefficient (Wildman–Crippen LogP) is 6.25. The molecular formula is C24H26N2OS. The molecule has 1 aromatic heterocycles. The minimum Gasteiger partial charge on any atom is -0.350 e. The maximum Gasteiger partial charge on any atom is 0.268 e. The lowest BCUT2D eigenvalue weighted by Gasteiger charge is -2.13. The van der Waals surface area contributed by atoms with Crippen molar-refractivity contribution in [1.29, 1.82) is 0 Å². The van der Waals surface area contributed by atoms with Crippen molar-refractivity contribution in [2.24, 2.45) is 0 Å². The van der Waals surface area contributed by atoms with Crippen LogP contribution < -0.4 is 5.32 Å². The standard InChI is InChI=1S/C24H26N2OS/c1-17-11-13-19(14-12-17)28-23-20-9-5-6-10-21(20)26-22(23)24(27)25-16-15-18-7-3-2-4-8-18/h5-7,9-14,26H,2-4,8,15-16H2,1H3,(H,25,27). The molecular weight excluding hydrogens is 364 g/mol. The number of amides is 1. The molecule has 0 atom stereocenters. The molecule has 0 aliphatic heterocycles. The molecule has 0 saturated heterocycles. The summed E-state index contributed by atoms with van der Waals surface area (Å²) in [6, 6.07) is 16.6. The number of carbonyl (C=O) groups excluding carboxylic acids is 1. The summed E-state index contributed by atoms with van der Waals surface area (Å²) in [6.45, 7) is 2.77. The molecule has 2 aromatic carbocycles. The van der Waals surface area contributed by atoms with E-state index < -0.39 is 0 Å². The van der Waals surface area contributed by atoms with Crippen LogP contribution in [0.2, 0.25) is 0 Å². The lowest BCUT2D eigenvalue weighted by molar-refractivity contribution is 0.0947. The highest BCUT2D eigenvalue weighted by Gasteiger charge is 2.18. The highest BCUT2D eigenvalue weighted by atomic mass is 32.2. The first kappa shape index (κ1) is 18.9. The van der Waals surface area contributed by atoms with Crippen molar-refractivity contribution in [3.8, 4) is 0 Å². The van der Waals surface area contributed by atoms with Crippen LogP contribution in [0.25, 0.3) is 10.9 Å². The topological polar surface area (TPSA) is 44.9 Å². The van der Waals surface area contributed by atoms with Crippen LogP contribution in [0.1, 0.15) is 48.2 Å². The van der Waals surface area contributed by atoms with E-state index in [4.69, 9.17) is 0 Å². The quantitative estimate of drug-likeness (QED) is 0.489. The molecule has 1 heterocycles.